The van der Waals surface area contributed by atoms with Gasteiger partial charge in [0.1, 0.15) is 0 Å². The number of carbonyl (C=O) groups excluding carboxylic acids is 2. The van der Waals surface area contributed by atoms with E-state index in [0.29, 0.717) is 35.8 Å². The minimum atomic E-state index is -0.556. The van der Waals surface area contributed by atoms with Crippen LogP contribution in [0.25, 0.3) is 0 Å². The molecule has 1 aromatic carbocycles. The Labute approximate surface area is 111 Å². The molecule has 0 aromatic heterocycles. The molecule has 0 spiro atoms. The van der Waals surface area contributed by atoms with Gasteiger partial charge in [-0.3, -0.25) is 9.59 Å². The van der Waals surface area contributed by atoms with Gasteiger partial charge in [-0.15, -0.1) is 0 Å². The van der Waals surface area contributed by atoms with Gasteiger partial charge >= 0.3 is 0 Å². The minimum absolute atomic E-state index is 0.315. The first kappa shape index (κ1) is 12.9. The van der Waals surface area contributed by atoms with Gasteiger partial charge < -0.3 is 10.6 Å². The fourth-order valence-electron chi connectivity index (χ4n) is 2.31. The molecule has 4 nitrogen and oxygen atoms in total. The number of benzene rings is 1. The van der Waals surface area contributed by atoms with Crippen LogP contribution in [0.4, 0.5) is 5.69 Å². The van der Waals surface area contributed by atoms with Gasteiger partial charge in [0.15, 0.2) is 6.29 Å². The molecule has 1 aliphatic rings. The highest BCUT2D eigenvalue weighted by Crippen LogP contribution is 2.37. The van der Waals surface area contributed by atoms with Gasteiger partial charge in [0.05, 0.1) is 16.1 Å². The molecule has 2 N–H and O–H groups in total. The zero-order chi connectivity index (χ0) is 13.3. The third-order valence-electron chi connectivity index (χ3n) is 3.53. The first-order chi connectivity index (χ1) is 8.48. The van der Waals surface area contributed by atoms with Crippen molar-refractivity contribution in [2.24, 2.45) is 11.1 Å². The molecule has 0 saturated carbocycles. The lowest BCUT2D eigenvalue weighted by Crippen LogP contribution is -2.37. The van der Waals surface area contributed by atoms with Gasteiger partial charge in [0.25, 0.3) is 0 Å². The van der Waals surface area contributed by atoms with E-state index in [1.54, 1.807) is 18.2 Å². The van der Waals surface area contributed by atoms with Crippen LogP contribution < -0.4 is 10.6 Å². The first-order valence-electron chi connectivity index (χ1n) is 5.76. The molecule has 18 heavy (non-hydrogen) atoms. The number of rotatable bonds is 3. The summed E-state index contributed by atoms with van der Waals surface area (Å²) >= 11 is 6.14. The fourth-order valence-corrected chi connectivity index (χ4v) is 2.62. The van der Waals surface area contributed by atoms with E-state index in [0.717, 1.165) is 6.29 Å². The SMILES string of the molecule is CC1(C(N)=O)CCN(c2c(Cl)cccc2C=O)C1. The van der Waals surface area contributed by atoms with Gasteiger partial charge in [0.2, 0.25) is 5.91 Å². The lowest BCUT2D eigenvalue weighted by Gasteiger charge is -2.24. The highest BCUT2D eigenvalue weighted by Gasteiger charge is 2.39. The molecule has 0 aliphatic carbocycles. The number of nitrogens with zero attached hydrogens (tertiary/aromatic N) is 1. The van der Waals surface area contributed by atoms with Crippen molar-refractivity contribution >= 4 is 29.5 Å². The highest BCUT2D eigenvalue weighted by atomic mass is 35.5. The number of carbonyl (C=O) groups is 2. The van der Waals surface area contributed by atoms with Crippen LogP contribution in [0, 0.1) is 5.41 Å². The van der Waals surface area contributed by atoms with Crippen molar-refractivity contribution in [3.63, 3.8) is 0 Å². The fraction of sp³-hybridized carbons (Fsp3) is 0.385. The Bertz CT molecular complexity index is 504. The zero-order valence-corrected chi connectivity index (χ0v) is 10.9. The Morgan fingerprint density at radius 2 is 2.28 bits per heavy atom. The molecular formula is C13H15ClN2O2. The number of hydrogen-bond acceptors (Lipinski definition) is 3. The average Bonchev–Trinajstić information content (AvgIpc) is 2.72. The number of aldehydes is 1. The molecule has 1 saturated heterocycles. The Kier molecular flexibility index (Phi) is 3.30. The molecule has 1 amide bonds. The number of amides is 1. The number of hydrogen-bond donors (Lipinski definition) is 1. The highest BCUT2D eigenvalue weighted by molar-refractivity contribution is 6.34. The maximum atomic E-state index is 11.4. The van der Waals surface area contributed by atoms with E-state index in [4.69, 9.17) is 17.3 Å². The minimum Gasteiger partial charge on any atom is -0.369 e. The molecule has 1 fully saturated rings. The van der Waals surface area contributed by atoms with Crippen molar-refractivity contribution in [3.05, 3.63) is 28.8 Å². The molecule has 2 rings (SSSR count). The molecule has 1 aromatic rings. The van der Waals surface area contributed by atoms with Crippen LogP contribution >= 0.6 is 11.6 Å². The third kappa shape index (κ3) is 2.08. The Morgan fingerprint density at radius 3 is 2.83 bits per heavy atom. The summed E-state index contributed by atoms with van der Waals surface area (Å²) in [5.41, 5.74) is 6.09. The second kappa shape index (κ2) is 4.61. The Hall–Kier alpha value is -1.55. The first-order valence-corrected chi connectivity index (χ1v) is 6.14. The zero-order valence-electron chi connectivity index (χ0n) is 10.1. The van der Waals surface area contributed by atoms with Crippen molar-refractivity contribution in [3.8, 4) is 0 Å². The summed E-state index contributed by atoms with van der Waals surface area (Å²) < 4.78 is 0. The van der Waals surface area contributed by atoms with Gasteiger partial charge in [-0.2, -0.15) is 0 Å². The van der Waals surface area contributed by atoms with Crippen LogP contribution in [0.5, 0.6) is 0 Å². The monoisotopic (exact) mass is 266 g/mol. The molecule has 0 radical (unpaired) electrons. The standard InChI is InChI=1S/C13H15ClN2O2/c1-13(12(15)18)5-6-16(8-13)11-9(7-17)3-2-4-10(11)14/h2-4,7H,5-6,8H2,1H3,(H2,15,18). The maximum absolute atomic E-state index is 11.4. The quantitative estimate of drug-likeness (QED) is 0.850. The van der Waals surface area contributed by atoms with Crippen molar-refractivity contribution in [2.75, 3.05) is 18.0 Å². The number of para-hydroxylation sites is 1. The van der Waals surface area contributed by atoms with Crippen LogP contribution in [-0.2, 0) is 4.79 Å². The summed E-state index contributed by atoms with van der Waals surface area (Å²) in [5, 5.41) is 0.522. The maximum Gasteiger partial charge on any atom is 0.225 e. The topological polar surface area (TPSA) is 63.4 Å². The van der Waals surface area contributed by atoms with E-state index < -0.39 is 5.41 Å². The van der Waals surface area contributed by atoms with E-state index in [1.807, 2.05) is 11.8 Å². The van der Waals surface area contributed by atoms with E-state index in [1.165, 1.54) is 0 Å². The average molecular weight is 267 g/mol. The van der Waals surface area contributed by atoms with E-state index in [-0.39, 0.29) is 5.91 Å². The van der Waals surface area contributed by atoms with Gasteiger partial charge in [-0.25, -0.2) is 0 Å². The van der Waals surface area contributed by atoms with Crippen LogP contribution in [0.15, 0.2) is 18.2 Å². The molecular weight excluding hydrogens is 252 g/mol. The van der Waals surface area contributed by atoms with Crippen LogP contribution in [0.2, 0.25) is 5.02 Å². The van der Waals surface area contributed by atoms with Gasteiger partial charge in [-0.05, 0) is 25.5 Å². The number of halogens is 1. The molecule has 96 valence electrons. The molecule has 1 atom stereocenters. The Morgan fingerprint density at radius 1 is 1.56 bits per heavy atom. The largest absolute Gasteiger partial charge is 0.369 e. The normalized spacial score (nSPS) is 23.1. The van der Waals surface area contributed by atoms with Crippen LogP contribution in [-0.4, -0.2) is 25.3 Å². The summed E-state index contributed by atoms with van der Waals surface area (Å²) in [7, 11) is 0. The summed E-state index contributed by atoms with van der Waals surface area (Å²) in [5.74, 6) is -0.315. The summed E-state index contributed by atoms with van der Waals surface area (Å²) in [6.45, 7) is 3.00. The van der Waals surface area contributed by atoms with E-state index in [2.05, 4.69) is 0 Å². The predicted molar refractivity (Wildman–Crippen MR) is 71.0 cm³/mol. The van der Waals surface area contributed by atoms with Crippen molar-refractivity contribution in [2.45, 2.75) is 13.3 Å². The smallest absolute Gasteiger partial charge is 0.225 e. The predicted octanol–water partition coefficient (Wildman–Crippen LogP) is 1.85. The molecule has 1 aliphatic heterocycles. The van der Waals surface area contributed by atoms with Crippen LogP contribution in [0.3, 0.4) is 0 Å². The number of primary amides is 1. The second-order valence-electron chi connectivity index (χ2n) is 4.89. The lowest BCUT2D eigenvalue weighted by molar-refractivity contribution is -0.125. The third-order valence-corrected chi connectivity index (χ3v) is 3.83. The summed E-state index contributed by atoms with van der Waals surface area (Å²) in [6, 6.07) is 5.19. The summed E-state index contributed by atoms with van der Waals surface area (Å²) in [4.78, 5) is 24.4. The number of nitrogens with two attached hydrogens (primary N) is 1. The molecule has 1 unspecified atom stereocenters. The van der Waals surface area contributed by atoms with Crippen molar-refractivity contribution < 1.29 is 9.59 Å². The van der Waals surface area contributed by atoms with Crippen LogP contribution in [0.1, 0.15) is 23.7 Å². The van der Waals surface area contributed by atoms with Gasteiger partial charge in [0, 0.05) is 18.7 Å². The lowest BCUT2D eigenvalue weighted by atomic mass is 9.89. The molecule has 1 heterocycles. The Balaban J connectivity index is 2.35. The second-order valence-corrected chi connectivity index (χ2v) is 5.30. The molecule has 0 bridgehead atoms. The summed E-state index contributed by atoms with van der Waals surface area (Å²) in [6.07, 6.45) is 1.45. The van der Waals surface area contributed by atoms with Crippen molar-refractivity contribution in [1.29, 1.82) is 0 Å². The van der Waals surface area contributed by atoms with E-state index >= 15 is 0 Å². The van der Waals surface area contributed by atoms with Gasteiger partial charge in [-0.1, -0.05) is 17.7 Å². The molecule has 5 heteroatoms. The van der Waals surface area contributed by atoms with Crippen molar-refractivity contribution in [1.82, 2.24) is 0 Å². The number of anilines is 1. The van der Waals surface area contributed by atoms with E-state index in [9.17, 15) is 9.59 Å².